The van der Waals surface area contributed by atoms with Gasteiger partial charge in [-0.3, -0.25) is 9.78 Å². The van der Waals surface area contributed by atoms with Gasteiger partial charge in [0.1, 0.15) is 16.9 Å². The number of furan rings is 1. The van der Waals surface area contributed by atoms with Gasteiger partial charge in [0, 0.05) is 53.6 Å². The van der Waals surface area contributed by atoms with Crippen LogP contribution in [0.3, 0.4) is 0 Å². The number of rotatable bonds is 8. The molecule has 5 aromatic rings. The Hall–Kier alpha value is -3.47. The van der Waals surface area contributed by atoms with Crippen LogP contribution >= 0.6 is 0 Å². The van der Waals surface area contributed by atoms with Crippen LogP contribution in [0.1, 0.15) is 145 Å². The maximum atomic E-state index is 12.3. The minimum absolute atomic E-state index is 0. The minimum atomic E-state index is -0.597. The van der Waals surface area contributed by atoms with E-state index in [2.05, 4.69) is 103 Å². The van der Waals surface area contributed by atoms with Gasteiger partial charge in [-0.15, -0.1) is 29.1 Å². The van der Waals surface area contributed by atoms with Crippen LogP contribution in [0.4, 0.5) is 0 Å². The Labute approximate surface area is 337 Å². The monoisotopic (exact) mass is 909 g/mol. The summed E-state index contributed by atoms with van der Waals surface area (Å²) in [7, 11) is 0. The van der Waals surface area contributed by atoms with E-state index < -0.39 is 16.6 Å². The van der Waals surface area contributed by atoms with E-state index >= 15 is 0 Å². The molecule has 2 aromatic heterocycles. The third-order valence-electron chi connectivity index (χ3n) is 12.9. The molecule has 2 heterocycles. The van der Waals surface area contributed by atoms with E-state index in [1.165, 1.54) is 40.3 Å². The third-order valence-corrected chi connectivity index (χ3v) is 12.9. The molecule has 54 heavy (non-hydrogen) atoms. The van der Waals surface area contributed by atoms with Gasteiger partial charge >= 0.3 is 0 Å². The number of Topliss-reactive ketones (excluding diaryl/α,β-unsaturated/α-hetero) is 1. The summed E-state index contributed by atoms with van der Waals surface area (Å²) in [6.07, 6.45) is 6.96. The topological polar surface area (TPSA) is 83.6 Å². The zero-order chi connectivity index (χ0) is 39.3. The van der Waals surface area contributed by atoms with Crippen molar-refractivity contribution in [1.82, 2.24) is 4.98 Å². The molecule has 1 aliphatic rings. The first-order valence-electron chi connectivity index (χ1n) is 19.7. The first-order valence-corrected chi connectivity index (χ1v) is 19.7. The predicted octanol–water partition coefficient (Wildman–Crippen LogP) is 13.8. The summed E-state index contributed by atoms with van der Waals surface area (Å²) in [5.74, 6) is -0.962. The van der Waals surface area contributed by atoms with Crippen LogP contribution in [0.2, 0.25) is 0 Å². The summed E-state index contributed by atoms with van der Waals surface area (Å²) in [5.41, 5.74) is 7.02. The fourth-order valence-corrected chi connectivity index (χ4v) is 7.77. The number of carbonyl (C=O) groups excluding carboxylic acids is 1. The third kappa shape index (κ3) is 7.80. The van der Waals surface area contributed by atoms with Gasteiger partial charge in [0.05, 0.1) is 0 Å². The van der Waals surface area contributed by atoms with Crippen molar-refractivity contribution >= 4 is 38.5 Å². The summed E-state index contributed by atoms with van der Waals surface area (Å²) in [6.45, 7) is 27.7. The van der Waals surface area contributed by atoms with Crippen molar-refractivity contribution in [3.63, 3.8) is 0 Å². The van der Waals surface area contributed by atoms with E-state index in [1.54, 1.807) is 0 Å². The predicted molar refractivity (Wildman–Crippen MR) is 222 cm³/mol. The van der Waals surface area contributed by atoms with E-state index in [0.29, 0.717) is 25.7 Å². The molecule has 3 aromatic carbocycles. The molecule has 0 saturated carbocycles. The number of benzene rings is 3. The molecule has 0 amide bonds. The van der Waals surface area contributed by atoms with Gasteiger partial charge < -0.3 is 14.6 Å². The van der Waals surface area contributed by atoms with Crippen LogP contribution in [0.25, 0.3) is 44.0 Å². The largest absolute Gasteiger partial charge is 0.508 e. The molecule has 0 aliphatic heterocycles. The normalized spacial score (nSPS) is 15.9. The van der Waals surface area contributed by atoms with Crippen molar-refractivity contribution in [2.24, 2.45) is 10.8 Å². The number of carbonyl (C=O) groups is 1. The number of hydrogen-bond donors (Lipinski definition) is 2. The number of ketones is 1. The Bertz CT molecular complexity index is 2190. The second-order valence-electron chi connectivity index (χ2n) is 18.3. The summed E-state index contributed by atoms with van der Waals surface area (Å²) in [4.78, 5) is 17.1. The molecule has 293 valence electrons. The average Bonchev–Trinajstić information content (AvgIpc) is 3.52. The number of hydrogen-bond acceptors (Lipinski definition) is 5. The zero-order valence-corrected chi connectivity index (χ0v) is 37.3. The maximum absolute atomic E-state index is 12.3. The SMILES string of the molecule is CC(C)(C)c1cc(-c2nccc3c2oc2cc4c(cc23)C(C)(C)CCC4(C)C)[c-]c2ccccc12.CCC(C)(CC)C(=O)/C(O)=C(\O)C(C)(CC)CC.[Ir]. The Kier molecular flexibility index (Phi) is 12.5. The maximum Gasteiger partial charge on any atom is 0.206 e. The van der Waals surface area contributed by atoms with E-state index in [1.807, 2.05) is 47.7 Å². The van der Waals surface area contributed by atoms with Crippen molar-refractivity contribution < 1.29 is 39.5 Å². The fraction of sp³-hybridized carbons (Fsp3) is 0.500. The standard InChI is InChI=1S/C33H34NO.C15H28O3.Ir/c1-31(2,3)25-17-21(16-20-10-8-9-11-22(20)25)29-30-23(12-15-34-29)24-18-26-27(19-28(24)35-30)33(6,7)14-13-32(26,4)5;1-7-14(5,8-2)12(17)11(16)13(18)15(6,9-3)10-4;/h8-12,15,17-19H,13-14H2,1-7H3;16-17H,7-10H2,1-6H3;/q-1;;/b;12-11+;. The average molecular weight is 909 g/mol. The van der Waals surface area contributed by atoms with Gasteiger partial charge in [0.25, 0.3) is 0 Å². The van der Waals surface area contributed by atoms with Crippen LogP contribution in [0, 0.1) is 16.9 Å². The Balaban J connectivity index is 0.000000294. The number of aromatic nitrogens is 1. The van der Waals surface area contributed by atoms with Crippen LogP contribution in [-0.4, -0.2) is 21.0 Å². The van der Waals surface area contributed by atoms with E-state index in [-0.39, 0.29) is 47.9 Å². The van der Waals surface area contributed by atoms with Gasteiger partial charge in [-0.2, -0.15) is 0 Å². The molecular formula is C48H62IrNO4-. The zero-order valence-electron chi connectivity index (χ0n) is 34.9. The molecule has 2 N–H and O–H groups in total. The minimum Gasteiger partial charge on any atom is -0.508 e. The number of pyridine rings is 1. The number of allylic oxidation sites excluding steroid dienone is 2. The number of nitrogens with zero attached hydrogens (tertiary/aromatic N) is 1. The molecule has 1 aliphatic carbocycles. The van der Waals surface area contributed by atoms with Gasteiger partial charge in [-0.05, 0) is 84.1 Å². The van der Waals surface area contributed by atoms with Crippen molar-refractivity contribution in [1.29, 1.82) is 0 Å². The Morgan fingerprint density at radius 2 is 1.33 bits per heavy atom. The van der Waals surface area contributed by atoms with Crippen LogP contribution in [0.5, 0.6) is 0 Å². The first kappa shape index (κ1) is 43.3. The van der Waals surface area contributed by atoms with E-state index in [4.69, 9.17) is 9.40 Å². The van der Waals surface area contributed by atoms with Gasteiger partial charge in [0.15, 0.2) is 5.76 Å². The summed E-state index contributed by atoms with van der Waals surface area (Å²) in [5, 5.41) is 24.9. The molecule has 0 atom stereocenters. The fourth-order valence-electron chi connectivity index (χ4n) is 7.77. The first-order chi connectivity index (χ1) is 24.7. The van der Waals surface area contributed by atoms with E-state index in [9.17, 15) is 15.0 Å². The summed E-state index contributed by atoms with van der Waals surface area (Å²) >= 11 is 0. The summed E-state index contributed by atoms with van der Waals surface area (Å²) < 4.78 is 6.62. The Morgan fingerprint density at radius 3 is 1.89 bits per heavy atom. The van der Waals surface area contributed by atoms with E-state index in [0.717, 1.165) is 33.2 Å². The molecule has 0 spiro atoms. The number of fused-ring (bicyclic) bond motifs is 5. The molecular weight excluding hydrogens is 847 g/mol. The van der Waals surface area contributed by atoms with Crippen molar-refractivity contribution in [3.8, 4) is 11.3 Å². The molecule has 6 heteroatoms. The van der Waals surface area contributed by atoms with Crippen LogP contribution in [-0.2, 0) is 41.1 Å². The quantitative estimate of drug-likeness (QED) is 0.0921. The van der Waals surface area contributed by atoms with Crippen LogP contribution < -0.4 is 0 Å². The summed E-state index contributed by atoms with van der Waals surface area (Å²) in [6, 6.07) is 21.2. The Morgan fingerprint density at radius 1 is 0.778 bits per heavy atom. The van der Waals surface area contributed by atoms with Gasteiger partial charge in [-0.25, -0.2) is 0 Å². The molecule has 0 fully saturated rings. The molecule has 0 unspecified atom stereocenters. The molecule has 5 nitrogen and oxygen atoms in total. The number of aliphatic hydroxyl groups is 2. The second-order valence-corrected chi connectivity index (χ2v) is 18.3. The van der Waals surface area contributed by atoms with Crippen molar-refractivity contribution in [2.45, 2.75) is 145 Å². The van der Waals surface area contributed by atoms with Gasteiger partial charge in [0.2, 0.25) is 5.78 Å². The molecule has 1 radical (unpaired) electrons. The second kappa shape index (κ2) is 15.6. The van der Waals surface area contributed by atoms with Crippen molar-refractivity contribution in [3.05, 3.63) is 89.0 Å². The molecule has 0 saturated heterocycles. The molecule has 0 bridgehead atoms. The van der Waals surface area contributed by atoms with Crippen molar-refractivity contribution in [2.75, 3.05) is 0 Å². The van der Waals surface area contributed by atoms with Gasteiger partial charge in [-0.1, -0.05) is 119 Å². The molecule has 6 rings (SSSR count). The number of aliphatic hydroxyl groups excluding tert-OH is 2. The smallest absolute Gasteiger partial charge is 0.206 e. The van der Waals surface area contributed by atoms with Crippen LogP contribution in [0.15, 0.2) is 70.7 Å².